The molecular weight excluding hydrogens is 561 g/mol. The van der Waals surface area contributed by atoms with Gasteiger partial charge in [0.25, 0.3) is 0 Å². The van der Waals surface area contributed by atoms with Gasteiger partial charge in [0.05, 0.1) is 27.4 Å². The van der Waals surface area contributed by atoms with Crippen molar-refractivity contribution in [3.05, 3.63) is 70.3 Å². The maximum atomic E-state index is 15.1. The molecule has 4 N–H and O–H groups in total. The van der Waals surface area contributed by atoms with Gasteiger partial charge in [-0.05, 0) is 44.0 Å². The highest BCUT2D eigenvalue weighted by atomic mass is 35.5. The molecule has 1 aromatic carbocycles. The van der Waals surface area contributed by atoms with E-state index < -0.39 is 11.5 Å². The Morgan fingerprint density at radius 2 is 1.90 bits per heavy atom. The summed E-state index contributed by atoms with van der Waals surface area (Å²) in [6, 6.07) is 5.43. The summed E-state index contributed by atoms with van der Waals surface area (Å²) in [5.74, 6) is -0.575. The summed E-state index contributed by atoms with van der Waals surface area (Å²) in [4.78, 5) is 47.8. The molecule has 1 fully saturated rings. The van der Waals surface area contributed by atoms with Crippen LogP contribution in [0, 0.1) is 5.82 Å². The molecule has 218 valence electrons. The summed E-state index contributed by atoms with van der Waals surface area (Å²) in [5, 5.41) is 0.522. The van der Waals surface area contributed by atoms with Gasteiger partial charge in [-0.2, -0.15) is 4.98 Å². The number of anilines is 3. The van der Waals surface area contributed by atoms with E-state index in [4.69, 9.17) is 28.1 Å². The van der Waals surface area contributed by atoms with E-state index in [1.54, 1.807) is 17.0 Å². The van der Waals surface area contributed by atoms with Crippen LogP contribution < -0.4 is 22.1 Å². The summed E-state index contributed by atoms with van der Waals surface area (Å²) in [6.07, 6.45) is 2.61. The number of benzene rings is 1. The van der Waals surface area contributed by atoms with Gasteiger partial charge < -0.3 is 21.3 Å². The van der Waals surface area contributed by atoms with E-state index in [0.717, 1.165) is 0 Å². The second-order valence-electron chi connectivity index (χ2n) is 10.6. The number of fused-ring (bicyclic) bond motifs is 1. The molecule has 3 aromatic heterocycles. The van der Waals surface area contributed by atoms with Crippen LogP contribution in [0.15, 0.2) is 48.0 Å². The fourth-order valence-electron chi connectivity index (χ4n) is 5.40. The number of pyridine rings is 1. The Balaban J connectivity index is 1.85. The number of nitrogen functional groups attached to an aromatic ring is 2. The molecular formula is C29H31ClFN9O2. The van der Waals surface area contributed by atoms with Crippen molar-refractivity contribution < 1.29 is 9.18 Å². The van der Waals surface area contributed by atoms with Gasteiger partial charge in [-0.15, -0.1) is 0 Å². The Morgan fingerprint density at radius 3 is 2.57 bits per heavy atom. The molecule has 11 nitrogen and oxygen atoms in total. The first-order valence-electron chi connectivity index (χ1n) is 13.4. The van der Waals surface area contributed by atoms with Gasteiger partial charge in [-0.1, -0.05) is 38.1 Å². The number of nitrogens with two attached hydrogens (primary N) is 2. The molecule has 1 saturated heterocycles. The molecule has 0 aliphatic carbocycles. The molecule has 1 aliphatic heterocycles. The Morgan fingerprint density at radius 1 is 1.17 bits per heavy atom. The van der Waals surface area contributed by atoms with Crippen molar-refractivity contribution in [2.75, 3.05) is 29.5 Å². The number of rotatable bonds is 5. The number of nitrogens with zero attached hydrogens (tertiary/aromatic N) is 7. The molecule has 4 heterocycles. The predicted octanol–water partition coefficient (Wildman–Crippen LogP) is 3.93. The van der Waals surface area contributed by atoms with Crippen molar-refractivity contribution in [2.24, 2.45) is 0 Å². The number of halogens is 2. The van der Waals surface area contributed by atoms with Crippen molar-refractivity contribution in [1.29, 1.82) is 0 Å². The number of hydrogen-bond acceptors (Lipinski definition) is 9. The number of amides is 1. The summed E-state index contributed by atoms with van der Waals surface area (Å²) in [5.41, 5.74) is 12.8. The fourth-order valence-corrected chi connectivity index (χ4v) is 5.64. The molecule has 0 spiro atoms. The zero-order valence-electron chi connectivity index (χ0n) is 23.7. The first kappa shape index (κ1) is 28.9. The molecule has 0 saturated carbocycles. The van der Waals surface area contributed by atoms with E-state index in [9.17, 15) is 9.59 Å². The molecule has 2 atom stereocenters. The third-order valence-electron chi connectivity index (χ3n) is 7.45. The SMILES string of the molecule is C=CC(=O)N1CC(C)N(c2nc(=O)n(-c3c(N)ncnc3C(C)C)c3nc(-c4c(N)cccc4F)c(Cl)cc23)CC1C. The number of hydrogen-bond donors (Lipinski definition) is 2. The van der Waals surface area contributed by atoms with Crippen molar-refractivity contribution in [1.82, 2.24) is 29.4 Å². The highest BCUT2D eigenvalue weighted by molar-refractivity contribution is 6.34. The van der Waals surface area contributed by atoms with Crippen LogP contribution in [-0.4, -0.2) is 60.5 Å². The van der Waals surface area contributed by atoms with E-state index in [-0.39, 0.29) is 63.0 Å². The van der Waals surface area contributed by atoms with E-state index >= 15 is 4.39 Å². The lowest BCUT2D eigenvalue weighted by molar-refractivity contribution is -0.128. The van der Waals surface area contributed by atoms with Crippen molar-refractivity contribution in [3.8, 4) is 16.9 Å². The second kappa shape index (κ2) is 11.0. The predicted molar refractivity (Wildman–Crippen MR) is 162 cm³/mol. The lowest BCUT2D eigenvalue weighted by Gasteiger charge is -2.44. The van der Waals surface area contributed by atoms with Gasteiger partial charge in [0, 0.05) is 30.9 Å². The lowest BCUT2D eigenvalue weighted by Crippen LogP contribution is -2.58. The Bertz CT molecular complexity index is 1770. The maximum Gasteiger partial charge on any atom is 0.356 e. The van der Waals surface area contributed by atoms with Gasteiger partial charge in [0.1, 0.15) is 23.6 Å². The molecule has 0 bridgehead atoms. The topological polar surface area (TPSA) is 149 Å². The molecule has 0 radical (unpaired) electrons. The number of carbonyl (C=O) groups is 1. The van der Waals surface area contributed by atoms with Gasteiger partial charge >= 0.3 is 5.69 Å². The van der Waals surface area contributed by atoms with E-state index in [1.165, 1.54) is 29.1 Å². The number of carbonyl (C=O) groups excluding carboxylic acids is 1. The first-order valence-corrected chi connectivity index (χ1v) is 13.8. The molecule has 42 heavy (non-hydrogen) atoms. The van der Waals surface area contributed by atoms with Gasteiger partial charge in [0.15, 0.2) is 11.5 Å². The van der Waals surface area contributed by atoms with Crippen LogP contribution in [0.3, 0.4) is 0 Å². The molecule has 2 unspecified atom stereocenters. The minimum Gasteiger partial charge on any atom is -0.398 e. The van der Waals surface area contributed by atoms with Crippen molar-refractivity contribution in [2.45, 2.75) is 45.7 Å². The van der Waals surface area contributed by atoms with Crippen LogP contribution in [0.1, 0.15) is 39.3 Å². The van der Waals surface area contributed by atoms with Crippen LogP contribution in [0.2, 0.25) is 5.02 Å². The van der Waals surface area contributed by atoms with Gasteiger partial charge in [-0.3, -0.25) is 4.79 Å². The Kier molecular flexibility index (Phi) is 7.58. The van der Waals surface area contributed by atoms with E-state index in [2.05, 4.69) is 21.5 Å². The zero-order chi connectivity index (χ0) is 30.5. The normalized spacial score (nSPS) is 17.2. The van der Waals surface area contributed by atoms with Gasteiger partial charge in [0.2, 0.25) is 5.91 Å². The van der Waals surface area contributed by atoms with E-state index in [1.807, 2.05) is 32.6 Å². The molecule has 4 aromatic rings. The molecule has 1 amide bonds. The summed E-state index contributed by atoms with van der Waals surface area (Å²) in [6.45, 7) is 12.0. The quantitative estimate of drug-likeness (QED) is 0.260. The van der Waals surface area contributed by atoms with Crippen LogP contribution in [-0.2, 0) is 4.79 Å². The van der Waals surface area contributed by atoms with Crippen molar-refractivity contribution in [3.63, 3.8) is 0 Å². The standard InChI is InChI=1S/C29H31ClFN9O2/c1-6-21(41)38-11-16(5)39(12-15(38)4)27-17-10-18(30)24(22-19(31)8-7-9-20(22)32)36-28(17)40(29(42)37-27)25-23(14(2)3)34-13-35-26(25)33/h6-10,13-16H,1,11-12,32H2,2-5H3,(H2,33,34,35). The zero-order valence-corrected chi connectivity index (χ0v) is 24.4. The molecule has 13 heteroatoms. The number of piperazine rings is 1. The third kappa shape index (κ3) is 4.81. The molecule has 1 aliphatic rings. The smallest absolute Gasteiger partial charge is 0.356 e. The van der Waals surface area contributed by atoms with Crippen LogP contribution in [0.4, 0.5) is 21.7 Å². The lowest BCUT2D eigenvalue weighted by atomic mass is 10.1. The average Bonchev–Trinajstić information content (AvgIpc) is 2.94. The Labute approximate surface area is 246 Å². The van der Waals surface area contributed by atoms with Crippen LogP contribution >= 0.6 is 11.6 Å². The minimum absolute atomic E-state index is 0.00155. The fraction of sp³-hybridized carbons (Fsp3) is 0.310. The minimum atomic E-state index is -0.687. The van der Waals surface area contributed by atoms with E-state index in [0.29, 0.717) is 30.0 Å². The molecule has 5 rings (SSSR count). The highest BCUT2D eigenvalue weighted by Gasteiger charge is 2.34. The van der Waals surface area contributed by atoms with Gasteiger partial charge in [-0.25, -0.2) is 28.7 Å². The average molecular weight is 592 g/mol. The second-order valence-corrected chi connectivity index (χ2v) is 11.0. The van der Waals surface area contributed by atoms with Crippen LogP contribution in [0.5, 0.6) is 0 Å². The van der Waals surface area contributed by atoms with Crippen molar-refractivity contribution >= 4 is 45.9 Å². The summed E-state index contributed by atoms with van der Waals surface area (Å²) in [7, 11) is 0. The summed E-state index contributed by atoms with van der Waals surface area (Å²) < 4.78 is 16.3. The summed E-state index contributed by atoms with van der Waals surface area (Å²) >= 11 is 6.76. The monoisotopic (exact) mass is 591 g/mol. The Hall–Kier alpha value is -4.58. The highest BCUT2D eigenvalue weighted by Crippen LogP contribution is 2.38. The number of aromatic nitrogens is 5. The third-order valence-corrected chi connectivity index (χ3v) is 7.74. The largest absolute Gasteiger partial charge is 0.398 e. The maximum absolute atomic E-state index is 15.1. The first-order chi connectivity index (χ1) is 19.9. The van der Waals surface area contributed by atoms with Crippen LogP contribution in [0.25, 0.3) is 28.0 Å².